The third kappa shape index (κ3) is 4.25. The van der Waals surface area contributed by atoms with Crippen LogP contribution in [0.15, 0.2) is 48.5 Å². The number of halogens is 2. The van der Waals surface area contributed by atoms with Crippen molar-refractivity contribution < 1.29 is 13.6 Å². The van der Waals surface area contributed by atoms with Crippen LogP contribution in [0, 0.1) is 32.4 Å². The van der Waals surface area contributed by atoms with Crippen LogP contribution in [0.4, 0.5) is 13.9 Å². The number of rotatable bonds is 5. The van der Waals surface area contributed by atoms with Crippen LogP contribution in [0.3, 0.4) is 0 Å². The van der Waals surface area contributed by atoms with E-state index >= 15 is 0 Å². The van der Waals surface area contributed by atoms with E-state index in [9.17, 15) is 13.6 Å². The number of carbonyl (C=O) groups excluding carboxylic acids is 1. The largest absolute Gasteiger partial charge is 0.302 e. The van der Waals surface area contributed by atoms with Crippen LogP contribution in [-0.4, -0.2) is 20.7 Å². The number of amides is 1. The van der Waals surface area contributed by atoms with Crippen LogP contribution in [0.25, 0.3) is 16.9 Å². The van der Waals surface area contributed by atoms with Crippen molar-refractivity contribution >= 4 is 22.4 Å². The molecule has 5 nitrogen and oxygen atoms in total. The van der Waals surface area contributed by atoms with Gasteiger partial charge in [0, 0.05) is 21.7 Å². The molecule has 31 heavy (non-hydrogen) atoms. The fourth-order valence-electron chi connectivity index (χ4n) is 3.44. The summed E-state index contributed by atoms with van der Waals surface area (Å²) in [6.45, 7) is 5.64. The van der Waals surface area contributed by atoms with Gasteiger partial charge in [-0.25, -0.2) is 18.4 Å². The quantitative estimate of drug-likeness (QED) is 0.455. The molecule has 2 heterocycles. The fourth-order valence-corrected chi connectivity index (χ4v) is 4.29. The lowest BCUT2D eigenvalue weighted by Gasteiger charge is -2.05. The van der Waals surface area contributed by atoms with E-state index < -0.39 is 11.6 Å². The monoisotopic (exact) mass is 438 g/mol. The van der Waals surface area contributed by atoms with Crippen molar-refractivity contribution in [3.63, 3.8) is 0 Å². The van der Waals surface area contributed by atoms with Crippen molar-refractivity contribution in [2.24, 2.45) is 0 Å². The summed E-state index contributed by atoms with van der Waals surface area (Å²) in [6, 6.07) is 13.4. The number of hydrogen-bond donors (Lipinski definition) is 1. The standard InChI is InChI=1S/C23H20F2N4OS/c1-13-18(14(2)29(28-13)17-7-5-4-6-8-17)12-21(30)26-23-27-22(15(3)31-23)16-9-10-19(24)20(25)11-16/h4-11H,12H2,1-3H3,(H,26,27,30). The number of para-hydroxylation sites is 1. The number of aromatic nitrogens is 3. The summed E-state index contributed by atoms with van der Waals surface area (Å²) in [5, 5.41) is 7.80. The van der Waals surface area contributed by atoms with Gasteiger partial charge < -0.3 is 5.32 Å². The van der Waals surface area contributed by atoms with Crippen LogP contribution in [0.5, 0.6) is 0 Å². The molecule has 0 aliphatic heterocycles. The Kier molecular flexibility index (Phi) is 5.65. The predicted molar refractivity (Wildman–Crippen MR) is 118 cm³/mol. The molecule has 0 unspecified atom stereocenters. The molecule has 0 atom stereocenters. The van der Waals surface area contributed by atoms with Crippen LogP contribution < -0.4 is 5.32 Å². The van der Waals surface area contributed by atoms with E-state index in [1.54, 1.807) is 0 Å². The predicted octanol–water partition coefficient (Wildman–Crippen LogP) is 5.38. The van der Waals surface area contributed by atoms with Gasteiger partial charge in [-0.05, 0) is 51.1 Å². The highest BCUT2D eigenvalue weighted by Crippen LogP contribution is 2.31. The SMILES string of the molecule is Cc1nn(-c2ccccc2)c(C)c1CC(=O)Nc1nc(-c2ccc(F)c(F)c2)c(C)s1. The van der Waals surface area contributed by atoms with Crippen molar-refractivity contribution in [3.05, 3.63) is 82.0 Å². The fraction of sp³-hybridized carbons (Fsp3) is 0.174. The molecule has 0 saturated heterocycles. The smallest absolute Gasteiger partial charge is 0.230 e. The first-order chi connectivity index (χ1) is 14.8. The summed E-state index contributed by atoms with van der Waals surface area (Å²) in [4.78, 5) is 17.9. The maximum atomic E-state index is 13.6. The van der Waals surface area contributed by atoms with Crippen molar-refractivity contribution in [1.29, 1.82) is 0 Å². The van der Waals surface area contributed by atoms with E-state index in [0.29, 0.717) is 16.4 Å². The van der Waals surface area contributed by atoms with Gasteiger partial charge in [0.2, 0.25) is 5.91 Å². The molecule has 4 rings (SSSR count). The minimum absolute atomic E-state index is 0.156. The molecule has 2 aromatic heterocycles. The number of carbonyl (C=O) groups is 1. The summed E-state index contributed by atoms with van der Waals surface area (Å²) in [5.74, 6) is -2.06. The third-order valence-corrected chi connectivity index (χ3v) is 5.90. The molecular weight excluding hydrogens is 418 g/mol. The highest BCUT2D eigenvalue weighted by molar-refractivity contribution is 7.16. The number of benzene rings is 2. The van der Waals surface area contributed by atoms with E-state index in [0.717, 1.165) is 39.6 Å². The molecule has 1 N–H and O–H groups in total. The summed E-state index contributed by atoms with van der Waals surface area (Å²) in [7, 11) is 0. The van der Waals surface area contributed by atoms with Gasteiger partial charge in [0.25, 0.3) is 0 Å². The first-order valence-corrected chi connectivity index (χ1v) is 10.5. The Hall–Kier alpha value is -3.39. The number of aryl methyl sites for hydroxylation is 2. The van der Waals surface area contributed by atoms with Gasteiger partial charge in [-0.1, -0.05) is 18.2 Å². The molecule has 0 spiro atoms. The van der Waals surface area contributed by atoms with Gasteiger partial charge in [-0.15, -0.1) is 11.3 Å². The molecule has 2 aromatic carbocycles. The van der Waals surface area contributed by atoms with Gasteiger partial charge in [0.15, 0.2) is 16.8 Å². The van der Waals surface area contributed by atoms with Gasteiger partial charge in [-0.3, -0.25) is 4.79 Å². The third-order valence-electron chi connectivity index (χ3n) is 5.02. The Labute approximate surface area is 182 Å². The molecule has 0 fully saturated rings. The van der Waals surface area contributed by atoms with Gasteiger partial charge in [0.1, 0.15) is 0 Å². The maximum absolute atomic E-state index is 13.6. The molecule has 8 heteroatoms. The van der Waals surface area contributed by atoms with Crippen LogP contribution >= 0.6 is 11.3 Å². The van der Waals surface area contributed by atoms with Crippen molar-refractivity contribution in [2.45, 2.75) is 27.2 Å². The summed E-state index contributed by atoms with van der Waals surface area (Å²) in [6.07, 6.45) is 0.156. The Morgan fingerprint density at radius 2 is 1.81 bits per heavy atom. The topological polar surface area (TPSA) is 59.8 Å². The number of nitrogens with zero attached hydrogens (tertiary/aromatic N) is 3. The van der Waals surface area contributed by atoms with E-state index in [1.165, 1.54) is 17.4 Å². The first-order valence-electron chi connectivity index (χ1n) is 9.66. The summed E-state index contributed by atoms with van der Waals surface area (Å²) < 4.78 is 28.6. The number of anilines is 1. The second-order valence-corrected chi connectivity index (χ2v) is 8.38. The Morgan fingerprint density at radius 1 is 1.06 bits per heavy atom. The normalized spacial score (nSPS) is 11.0. The van der Waals surface area contributed by atoms with Crippen LogP contribution in [0.2, 0.25) is 0 Å². The van der Waals surface area contributed by atoms with Gasteiger partial charge >= 0.3 is 0 Å². The zero-order valence-corrected chi connectivity index (χ0v) is 18.1. The average Bonchev–Trinajstić information content (AvgIpc) is 3.24. The summed E-state index contributed by atoms with van der Waals surface area (Å²) in [5.41, 5.74) is 4.45. The van der Waals surface area contributed by atoms with Crippen LogP contribution in [-0.2, 0) is 11.2 Å². The number of thiazole rings is 1. The van der Waals surface area contributed by atoms with E-state index in [4.69, 9.17) is 0 Å². The highest BCUT2D eigenvalue weighted by Gasteiger charge is 2.18. The van der Waals surface area contributed by atoms with Crippen molar-refractivity contribution in [1.82, 2.24) is 14.8 Å². The number of nitrogens with one attached hydrogen (secondary N) is 1. The summed E-state index contributed by atoms with van der Waals surface area (Å²) >= 11 is 1.29. The Morgan fingerprint density at radius 3 is 2.52 bits per heavy atom. The van der Waals surface area contributed by atoms with Gasteiger partial charge in [-0.2, -0.15) is 5.10 Å². The second-order valence-electron chi connectivity index (χ2n) is 7.17. The molecule has 0 bridgehead atoms. The highest BCUT2D eigenvalue weighted by atomic mass is 32.1. The lowest BCUT2D eigenvalue weighted by molar-refractivity contribution is -0.115. The van der Waals surface area contributed by atoms with Gasteiger partial charge in [0.05, 0.1) is 23.5 Å². The van der Waals surface area contributed by atoms with E-state index in [-0.39, 0.29) is 12.3 Å². The Bertz CT molecular complexity index is 1260. The van der Waals surface area contributed by atoms with Crippen molar-refractivity contribution in [3.8, 4) is 16.9 Å². The molecule has 0 aliphatic rings. The average molecular weight is 439 g/mol. The Balaban J connectivity index is 1.52. The van der Waals surface area contributed by atoms with E-state index in [2.05, 4.69) is 15.4 Å². The molecular formula is C23H20F2N4OS. The lowest BCUT2D eigenvalue weighted by atomic mass is 10.1. The molecule has 0 radical (unpaired) electrons. The molecule has 1 amide bonds. The molecule has 158 valence electrons. The molecule has 4 aromatic rings. The number of hydrogen-bond acceptors (Lipinski definition) is 4. The first kappa shape index (κ1) is 20.9. The molecule has 0 saturated carbocycles. The minimum atomic E-state index is -0.933. The van der Waals surface area contributed by atoms with Crippen molar-refractivity contribution in [2.75, 3.05) is 5.32 Å². The zero-order valence-electron chi connectivity index (χ0n) is 17.2. The minimum Gasteiger partial charge on any atom is -0.302 e. The lowest BCUT2D eigenvalue weighted by Crippen LogP contribution is -2.15. The maximum Gasteiger partial charge on any atom is 0.230 e. The van der Waals surface area contributed by atoms with E-state index in [1.807, 2.05) is 55.8 Å². The second kappa shape index (κ2) is 8.39. The molecule has 0 aliphatic carbocycles. The zero-order chi connectivity index (χ0) is 22.1. The van der Waals surface area contributed by atoms with Crippen LogP contribution in [0.1, 0.15) is 21.8 Å².